The van der Waals surface area contributed by atoms with Gasteiger partial charge < -0.3 is 10.1 Å². The van der Waals surface area contributed by atoms with Gasteiger partial charge in [0.05, 0.1) is 29.0 Å². The van der Waals surface area contributed by atoms with Crippen molar-refractivity contribution in [3.05, 3.63) is 72.1 Å². The normalized spacial score (nSPS) is 12.4. The summed E-state index contributed by atoms with van der Waals surface area (Å²) in [4.78, 5) is 9.01. The number of aromatic nitrogens is 4. The fourth-order valence-electron chi connectivity index (χ4n) is 3.35. The molecule has 0 saturated carbocycles. The molecule has 0 aliphatic rings. The Hall–Kier alpha value is -3.99. The van der Waals surface area contributed by atoms with Crippen molar-refractivity contribution in [2.45, 2.75) is 39.3 Å². The molecule has 0 spiro atoms. The first-order chi connectivity index (χ1) is 15.2. The molecule has 0 aliphatic carbocycles. The SMILES string of the molecule is CC(Oc1cc2cc(C#N)ccc2nc1NC(C)(C)C)c1ncc(F)cc1-n1cccn1. The lowest BCUT2D eigenvalue weighted by Gasteiger charge is -2.25. The minimum absolute atomic E-state index is 0.261. The van der Waals surface area contributed by atoms with E-state index in [0.29, 0.717) is 28.5 Å². The molecule has 4 rings (SSSR count). The minimum atomic E-state index is -0.534. The van der Waals surface area contributed by atoms with E-state index in [9.17, 15) is 9.65 Å². The van der Waals surface area contributed by atoms with Crippen LogP contribution in [-0.4, -0.2) is 25.3 Å². The molecule has 1 aromatic carbocycles. The van der Waals surface area contributed by atoms with E-state index in [0.717, 1.165) is 17.1 Å². The van der Waals surface area contributed by atoms with Gasteiger partial charge in [-0.05, 0) is 58.0 Å². The zero-order valence-electron chi connectivity index (χ0n) is 18.3. The quantitative estimate of drug-likeness (QED) is 0.469. The van der Waals surface area contributed by atoms with E-state index < -0.39 is 11.9 Å². The largest absolute Gasteiger partial charge is 0.480 e. The van der Waals surface area contributed by atoms with Crippen LogP contribution < -0.4 is 10.1 Å². The second-order valence-corrected chi connectivity index (χ2v) is 8.50. The lowest BCUT2D eigenvalue weighted by Crippen LogP contribution is -2.27. The lowest BCUT2D eigenvalue weighted by molar-refractivity contribution is 0.221. The highest BCUT2D eigenvalue weighted by Crippen LogP contribution is 2.34. The Morgan fingerprint density at radius 1 is 1.22 bits per heavy atom. The number of fused-ring (bicyclic) bond motifs is 1. The Labute approximate surface area is 185 Å². The van der Waals surface area contributed by atoms with Gasteiger partial charge in [0, 0.05) is 29.4 Å². The van der Waals surface area contributed by atoms with Crippen LogP contribution in [0.25, 0.3) is 16.6 Å². The summed E-state index contributed by atoms with van der Waals surface area (Å²) in [5.74, 6) is 0.620. The van der Waals surface area contributed by atoms with E-state index in [1.165, 1.54) is 6.07 Å². The van der Waals surface area contributed by atoms with Gasteiger partial charge in [-0.3, -0.25) is 4.98 Å². The van der Waals surface area contributed by atoms with Gasteiger partial charge in [-0.15, -0.1) is 0 Å². The summed E-state index contributed by atoms with van der Waals surface area (Å²) in [6.07, 6.45) is 3.97. The van der Waals surface area contributed by atoms with E-state index >= 15 is 0 Å². The summed E-state index contributed by atoms with van der Waals surface area (Å²) in [6.45, 7) is 7.93. The molecule has 1 unspecified atom stereocenters. The summed E-state index contributed by atoms with van der Waals surface area (Å²) in [5.41, 5.74) is 2.04. The molecule has 1 N–H and O–H groups in total. The zero-order valence-corrected chi connectivity index (χ0v) is 18.3. The first-order valence-corrected chi connectivity index (χ1v) is 10.2. The number of nitrogens with zero attached hydrogens (tertiary/aromatic N) is 5. The molecule has 0 saturated heterocycles. The lowest BCUT2D eigenvalue weighted by atomic mass is 10.1. The van der Waals surface area contributed by atoms with Gasteiger partial charge in [-0.2, -0.15) is 10.4 Å². The number of halogens is 1. The van der Waals surface area contributed by atoms with Crippen molar-refractivity contribution in [1.29, 1.82) is 5.26 Å². The van der Waals surface area contributed by atoms with Crippen molar-refractivity contribution in [2.75, 3.05) is 5.32 Å². The van der Waals surface area contributed by atoms with E-state index in [-0.39, 0.29) is 5.54 Å². The molecule has 162 valence electrons. The van der Waals surface area contributed by atoms with Crippen LogP contribution in [0.15, 0.2) is 55.0 Å². The first kappa shape index (κ1) is 21.2. The number of anilines is 1. The molecule has 0 radical (unpaired) electrons. The third-order valence-electron chi connectivity index (χ3n) is 4.71. The van der Waals surface area contributed by atoms with Gasteiger partial charge >= 0.3 is 0 Å². The number of pyridine rings is 2. The summed E-state index contributed by atoms with van der Waals surface area (Å²) in [7, 11) is 0. The number of hydrogen-bond acceptors (Lipinski definition) is 6. The third kappa shape index (κ3) is 4.52. The molecule has 7 nitrogen and oxygen atoms in total. The third-order valence-corrected chi connectivity index (χ3v) is 4.71. The number of nitrogens with one attached hydrogen (secondary N) is 1. The van der Waals surface area contributed by atoms with Crippen molar-refractivity contribution < 1.29 is 9.13 Å². The molecule has 3 aromatic heterocycles. The van der Waals surface area contributed by atoms with Crippen LogP contribution in [0.1, 0.15) is 45.1 Å². The van der Waals surface area contributed by atoms with Crippen LogP contribution in [0.5, 0.6) is 5.75 Å². The van der Waals surface area contributed by atoms with Crippen LogP contribution in [0.2, 0.25) is 0 Å². The van der Waals surface area contributed by atoms with E-state index in [4.69, 9.17) is 9.72 Å². The smallest absolute Gasteiger partial charge is 0.169 e. The molecular weight excluding hydrogens is 407 g/mol. The molecule has 0 bridgehead atoms. The maximum absolute atomic E-state index is 13.9. The topological polar surface area (TPSA) is 88.6 Å². The van der Waals surface area contributed by atoms with Crippen molar-refractivity contribution in [3.63, 3.8) is 0 Å². The van der Waals surface area contributed by atoms with Crippen LogP contribution in [0, 0.1) is 17.1 Å². The molecule has 32 heavy (non-hydrogen) atoms. The van der Waals surface area contributed by atoms with Crippen LogP contribution in [0.4, 0.5) is 10.2 Å². The number of benzene rings is 1. The molecule has 0 aliphatic heterocycles. The van der Waals surface area contributed by atoms with Gasteiger partial charge in [-0.25, -0.2) is 14.1 Å². The average molecular weight is 430 g/mol. The second kappa shape index (κ2) is 8.27. The van der Waals surface area contributed by atoms with Crippen molar-refractivity contribution in [3.8, 4) is 17.5 Å². The monoisotopic (exact) mass is 430 g/mol. The number of ether oxygens (including phenoxy) is 1. The predicted molar refractivity (Wildman–Crippen MR) is 120 cm³/mol. The summed E-state index contributed by atoms with van der Waals surface area (Å²) in [6, 6.07) is 12.4. The predicted octanol–water partition coefficient (Wildman–Crippen LogP) is 5.18. The van der Waals surface area contributed by atoms with Gasteiger partial charge in [0.25, 0.3) is 0 Å². The zero-order chi connectivity index (χ0) is 22.9. The number of hydrogen-bond donors (Lipinski definition) is 1. The van der Waals surface area contributed by atoms with Gasteiger partial charge in [0.15, 0.2) is 11.6 Å². The Morgan fingerprint density at radius 3 is 2.72 bits per heavy atom. The first-order valence-electron chi connectivity index (χ1n) is 10.2. The van der Waals surface area contributed by atoms with Crippen molar-refractivity contribution in [2.24, 2.45) is 0 Å². The maximum atomic E-state index is 13.9. The van der Waals surface area contributed by atoms with Crippen molar-refractivity contribution >= 4 is 16.7 Å². The highest BCUT2D eigenvalue weighted by molar-refractivity contribution is 5.84. The van der Waals surface area contributed by atoms with Crippen LogP contribution in [0.3, 0.4) is 0 Å². The van der Waals surface area contributed by atoms with Crippen molar-refractivity contribution in [1.82, 2.24) is 19.7 Å². The summed E-state index contributed by atoms with van der Waals surface area (Å²) >= 11 is 0. The average Bonchev–Trinajstić information content (AvgIpc) is 3.27. The molecule has 0 amide bonds. The van der Waals surface area contributed by atoms with E-state index in [2.05, 4.69) is 21.5 Å². The Kier molecular flexibility index (Phi) is 5.49. The fourth-order valence-corrected chi connectivity index (χ4v) is 3.35. The summed E-state index contributed by atoms with van der Waals surface area (Å²) < 4.78 is 21.8. The molecule has 1 atom stereocenters. The Bertz CT molecular complexity index is 1300. The van der Waals surface area contributed by atoms with E-state index in [1.54, 1.807) is 35.3 Å². The standard InChI is InChI=1S/C24H23FN6O/c1-15(22-20(12-18(25)14-27-22)31-9-5-8-28-31)32-21-11-17-10-16(13-26)6-7-19(17)29-23(21)30-24(2,3)4/h5-12,14-15H,1-4H3,(H,29,30). The number of nitriles is 1. The molecule has 4 aromatic rings. The van der Waals surface area contributed by atoms with Gasteiger partial charge in [0.2, 0.25) is 0 Å². The summed E-state index contributed by atoms with van der Waals surface area (Å²) in [5, 5.41) is 17.6. The highest BCUT2D eigenvalue weighted by atomic mass is 19.1. The Morgan fingerprint density at radius 2 is 2.03 bits per heavy atom. The highest BCUT2D eigenvalue weighted by Gasteiger charge is 2.21. The van der Waals surface area contributed by atoms with Crippen LogP contribution >= 0.6 is 0 Å². The second-order valence-electron chi connectivity index (χ2n) is 8.50. The molecule has 0 fully saturated rings. The van der Waals surface area contributed by atoms with Gasteiger partial charge in [-0.1, -0.05) is 0 Å². The van der Waals surface area contributed by atoms with Crippen LogP contribution in [-0.2, 0) is 0 Å². The molecular formula is C24H23FN6O. The number of rotatable bonds is 5. The Balaban J connectivity index is 1.78. The van der Waals surface area contributed by atoms with E-state index in [1.807, 2.05) is 39.8 Å². The molecule has 3 heterocycles. The minimum Gasteiger partial charge on any atom is -0.480 e. The molecule has 8 heteroatoms. The fraction of sp³-hybridized carbons (Fsp3) is 0.250. The maximum Gasteiger partial charge on any atom is 0.169 e. The van der Waals surface area contributed by atoms with Gasteiger partial charge in [0.1, 0.15) is 17.6 Å².